The maximum absolute atomic E-state index is 13.0. The van der Waals surface area contributed by atoms with Gasteiger partial charge in [0.2, 0.25) is 12.1 Å². The van der Waals surface area contributed by atoms with Crippen molar-refractivity contribution in [3.8, 4) is 0 Å². The first-order chi connectivity index (χ1) is 35.7. The number of rotatable bonds is 13. The lowest BCUT2D eigenvalue weighted by Gasteiger charge is -2.59. The van der Waals surface area contributed by atoms with Gasteiger partial charge in [-0.2, -0.15) is 4.89 Å². The number of aliphatic hydroxyl groups is 2. The molecule has 0 amide bonds. The molecular weight excluding hydrogens is 977 g/mol. The molecule has 0 bridgehead atoms. The second-order valence-electron chi connectivity index (χ2n) is 24.2. The monoisotopic (exact) mass is 1060 g/mol. The molecule has 10 rings (SSSR count). The maximum Gasteiger partial charge on any atom is 0.252 e. The summed E-state index contributed by atoms with van der Waals surface area (Å²) in [6, 6.07) is 0. The summed E-state index contributed by atoms with van der Waals surface area (Å²) in [5.41, 5.74) is 0.0691. The Kier molecular flexibility index (Phi) is 16.8. The lowest BCUT2D eigenvalue weighted by molar-refractivity contribution is -0.472. The summed E-state index contributed by atoms with van der Waals surface area (Å²) in [4.78, 5) is 25.4. The van der Waals surface area contributed by atoms with Gasteiger partial charge in [-0.25, -0.2) is 4.89 Å². The number of methoxy groups -OCH3 is 4. The van der Waals surface area contributed by atoms with Crippen molar-refractivity contribution in [3.05, 3.63) is 23.5 Å². The van der Waals surface area contributed by atoms with Crippen LogP contribution in [0.4, 0.5) is 0 Å². The minimum absolute atomic E-state index is 0.0346. The molecule has 3 saturated carbocycles. The SMILES string of the molecule is COC1=C[C@@H](C)O[C@@H](O[C@H]2CC[C@@]3(C)C(=CC[C@@H]4[C@H]3CC[C@]3(C)[C@H]4CC[C@]3(O)[C@@H](C)O[C@@H]3C[C@@H]4OC[C@]5(C[C@@H](OC)[C@H](O[C@H]6C[C@@H](OC)[C@H](O[C@H]7C[C@@H](OC)[C@H](O)[C@@H](C)O7)[C@@H](C)O6)[C@@H](C)O5)OO[C@H]4[C@H](C)O3)C2)C1=O. The van der Waals surface area contributed by atoms with Crippen LogP contribution >= 0.6 is 0 Å². The lowest BCUT2D eigenvalue weighted by Crippen LogP contribution is -2.60. The molecule has 6 heterocycles. The number of carbonyl (C=O) groups is 1. The fourth-order valence-corrected chi connectivity index (χ4v) is 15.7. The molecule has 0 aromatic carbocycles. The van der Waals surface area contributed by atoms with E-state index in [0.717, 1.165) is 44.9 Å². The predicted octanol–water partition coefficient (Wildman–Crippen LogP) is 6.12. The third-order valence-corrected chi connectivity index (χ3v) is 20.0. The molecule has 5 saturated heterocycles. The van der Waals surface area contributed by atoms with E-state index in [9.17, 15) is 15.0 Å². The molecule has 75 heavy (non-hydrogen) atoms. The van der Waals surface area contributed by atoms with Gasteiger partial charge in [0.25, 0.3) is 5.78 Å². The van der Waals surface area contributed by atoms with Crippen molar-refractivity contribution in [3.63, 3.8) is 0 Å². The first kappa shape index (κ1) is 56.5. The third-order valence-electron chi connectivity index (χ3n) is 20.0. The molecule has 4 aliphatic carbocycles. The number of ether oxygens (including phenoxy) is 14. The van der Waals surface area contributed by atoms with E-state index in [2.05, 4.69) is 19.9 Å². The minimum atomic E-state index is -1.30. The second kappa shape index (κ2) is 22.3. The smallest absolute Gasteiger partial charge is 0.252 e. The van der Waals surface area contributed by atoms with Crippen molar-refractivity contribution in [1.29, 1.82) is 0 Å². The van der Waals surface area contributed by atoms with Crippen LogP contribution in [0, 0.1) is 28.6 Å². The molecule has 19 heteroatoms. The topological polar surface area (TPSA) is 205 Å². The number of Topliss-reactive ketones (excluding diaryl/α,β-unsaturated/α-hetero) is 1. The highest BCUT2D eigenvalue weighted by atomic mass is 17.2. The highest BCUT2D eigenvalue weighted by Crippen LogP contribution is 2.68. The number of allylic oxidation sites excluding steroid dienone is 1. The normalized spacial score (nSPS) is 51.6. The highest BCUT2D eigenvalue weighted by Gasteiger charge is 2.66. The Labute approximate surface area is 443 Å². The Hall–Kier alpha value is -1.73. The second-order valence-corrected chi connectivity index (χ2v) is 24.2. The lowest BCUT2D eigenvalue weighted by atomic mass is 9.46. The van der Waals surface area contributed by atoms with Gasteiger partial charge in [0.1, 0.15) is 31.0 Å². The Bertz CT molecular complexity index is 2060. The van der Waals surface area contributed by atoms with Crippen LogP contribution in [0.3, 0.4) is 0 Å². The summed E-state index contributed by atoms with van der Waals surface area (Å²) in [7, 11) is 6.36. The summed E-state index contributed by atoms with van der Waals surface area (Å²) < 4.78 is 87.2. The van der Waals surface area contributed by atoms with E-state index in [1.54, 1.807) is 34.3 Å². The molecular formula is C56H88O19. The molecule has 0 radical (unpaired) electrons. The van der Waals surface area contributed by atoms with Crippen LogP contribution in [0.5, 0.6) is 0 Å². The van der Waals surface area contributed by atoms with Crippen molar-refractivity contribution >= 4 is 5.78 Å². The summed E-state index contributed by atoms with van der Waals surface area (Å²) in [6.07, 6.45) is 3.04. The highest BCUT2D eigenvalue weighted by molar-refractivity contribution is 5.96. The van der Waals surface area contributed by atoms with Gasteiger partial charge in [0.05, 0.1) is 79.9 Å². The number of hydrogen-bond acceptors (Lipinski definition) is 19. The zero-order chi connectivity index (χ0) is 53.4. The van der Waals surface area contributed by atoms with Gasteiger partial charge in [-0.3, -0.25) is 4.79 Å². The zero-order valence-corrected chi connectivity index (χ0v) is 46.4. The van der Waals surface area contributed by atoms with Crippen LogP contribution in [0.25, 0.3) is 0 Å². The maximum atomic E-state index is 13.0. The van der Waals surface area contributed by atoms with Gasteiger partial charge in [-0.1, -0.05) is 25.5 Å². The van der Waals surface area contributed by atoms with Crippen molar-refractivity contribution in [2.24, 2.45) is 28.6 Å². The van der Waals surface area contributed by atoms with E-state index in [1.165, 1.54) is 12.7 Å². The standard InChI is InChI=1S/C56H88O19/c1-28-21-39(60-9)48(58)52(65-28)70-35-15-18-53(7)34(22-35)13-14-36-37(53)16-19-54(8)38(36)17-20-56(54,59)33(6)69-44-25-42-51(31(4)68-44)74-75-55(27-64-42)26-43(63-12)50(32(5)73-55)72-46-24-41(62-11)49(30(3)67-46)71-45-23-40(61-10)47(57)29(2)66-45/h13,21,28-33,35-38,40-47,49-52,57,59H,14-20,22-27H2,1-12H3/t28-,29-,30-,31+,32-,33-,35+,36-,37-,38+,40-,41-,42+,43-,44-,45+,46+,47-,49-,50-,51+,52+,53+,54-,55+,56+/m1/s1. The first-order valence-corrected chi connectivity index (χ1v) is 28.1. The predicted molar refractivity (Wildman–Crippen MR) is 265 cm³/mol. The Morgan fingerprint density at radius 1 is 0.747 bits per heavy atom. The number of hydrogen-bond donors (Lipinski definition) is 2. The van der Waals surface area contributed by atoms with E-state index in [4.69, 9.17) is 76.1 Å². The Morgan fingerprint density at radius 3 is 2.15 bits per heavy atom. The van der Waals surface area contributed by atoms with Crippen LogP contribution in [0.15, 0.2) is 23.5 Å². The molecule has 19 nitrogen and oxygen atoms in total. The van der Waals surface area contributed by atoms with Crippen LogP contribution in [-0.2, 0) is 80.9 Å². The van der Waals surface area contributed by atoms with Crippen LogP contribution in [0.2, 0.25) is 0 Å². The average molecular weight is 1070 g/mol. The van der Waals surface area contributed by atoms with Crippen molar-refractivity contribution in [2.45, 2.75) is 261 Å². The molecule has 26 atom stereocenters. The molecule has 8 fully saturated rings. The summed E-state index contributed by atoms with van der Waals surface area (Å²) in [5, 5.41) is 23.4. The zero-order valence-electron chi connectivity index (χ0n) is 46.4. The van der Waals surface area contributed by atoms with Gasteiger partial charge in [-0.05, 0) is 122 Å². The van der Waals surface area contributed by atoms with E-state index in [-0.39, 0.29) is 48.0 Å². The van der Waals surface area contributed by atoms with Gasteiger partial charge in [0, 0.05) is 52.4 Å². The third kappa shape index (κ3) is 10.5. The number of fused-ring (bicyclic) bond motifs is 6. The summed E-state index contributed by atoms with van der Waals surface area (Å²) in [5.74, 6) is 0.0327. The molecule has 0 aromatic rings. The fourth-order valence-electron chi connectivity index (χ4n) is 15.7. The Morgan fingerprint density at radius 2 is 1.43 bits per heavy atom. The van der Waals surface area contributed by atoms with Crippen LogP contribution in [0.1, 0.15) is 132 Å². The van der Waals surface area contributed by atoms with Gasteiger partial charge >= 0.3 is 0 Å². The summed E-state index contributed by atoms with van der Waals surface area (Å²) in [6.45, 7) is 16.3. The van der Waals surface area contributed by atoms with Crippen molar-refractivity contribution in [2.75, 3.05) is 35.0 Å². The van der Waals surface area contributed by atoms with Crippen LogP contribution in [-0.4, -0.2) is 179 Å². The van der Waals surface area contributed by atoms with Gasteiger partial charge < -0.3 is 76.5 Å². The minimum Gasteiger partial charge on any atom is -0.493 e. The van der Waals surface area contributed by atoms with Crippen LogP contribution < -0.4 is 0 Å². The Balaban J connectivity index is 0.728. The van der Waals surface area contributed by atoms with Crippen molar-refractivity contribution < 1.29 is 91.1 Å². The number of aliphatic hydroxyl groups excluding tert-OH is 1. The summed E-state index contributed by atoms with van der Waals surface area (Å²) >= 11 is 0. The van der Waals surface area contributed by atoms with Gasteiger partial charge in [0.15, 0.2) is 24.6 Å². The van der Waals surface area contributed by atoms with E-state index < -0.39 is 110 Å². The van der Waals surface area contributed by atoms with Crippen molar-refractivity contribution in [1.82, 2.24) is 0 Å². The largest absolute Gasteiger partial charge is 0.493 e. The average Bonchev–Trinajstić information content (AvgIpc) is 3.55. The quantitative estimate of drug-likeness (QED) is 0.158. The van der Waals surface area contributed by atoms with E-state index >= 15 is 0 Å². The molecule has 6 aliphatic heterocycles. The first-order valence-electron chi connectivity index (χ1n) is 28.1. The number of ketones is 1. The van der Waals surface area contributed by atoms with Gasteiger partial charge in [-0.15, -0.1) is 0 Å². The number of carbonyl (C=O) groups excluding carboxylic acids is 1. The molecule has 10 aliphatic rings. The fraction of sp³-hybridized carbons (Fsp3) is 0.911. The molecule has 0 aromatic heterocycles. The molecule has 0 unspecified atom stereocenters. The molecule has 426 valence electrons. The molecule has 2 N–H and O–H groups in total. The molecule has 1 spiro atoms. The van der Waals surface area contributed by atoms with E-state index in [1.807, 2.05) is 34.6 Å². The van der Waals surface area contributed by atoms with E-state index in [0.29, 0.717) is 49.2 Å².